The Morgan fingerprint density at radius 2 is 2.17 bits per heavy atom. The highest BCUT2D eigenvalue weighted by molar-refractivity contribution is 14.0. The van der Waals surface area contributed by atoms with Crippen molar-refractivity contribution in [2.45, 2.75) is 46.3 Å². The van der Waals surface area contributed by atoms with Gasteiger partial charge in [-0.1, -0.05) is 6.92 Å². The van der Waals surface area contributed by atoms with Crippen LogP contribution in [0.2, 0.25) is 0 Å². The predicted octanol–water partition coefficient (Wildman–Crippen LogP) is 1.78. The summed E-state index contributed by atoms with van der Waals surface area (Å²) < 4.78 is 1.91. The van der Waals surface area contributed by atoms with Crippen LogP contribution in [0.1, 0.15) is 27.7 Å². The summed E-state index contributed by atoms with van der Waals surface area (Å²) in [5.74, 6) is 1.55. The Morgan fingerprint density at radius 1 is 1.39 bits per heavy atom. The molecule has 0 saturated carbocycles. The zero-order chi connectivity index (χ0) is 15.9. The van der Waals surface area contributed by atoms with E-state index in [0.717, 1.165) is 38.7 Å². The lowest BCUT2D eigenvalue weighted by atomic mass is 10.1. The van der Waals surface area contributed by atoms with Gasteiger partial charge in [-0.05, 0) is 32.8 Å². The van der Waals surface area contributed by atoms with Crippen molar-refractivity contribution in [1.29, 1.82) is 0 Å². The minimum absolute atomic E-state index is 0. The third kappa shape index (κ3) is 6.29. The SMILES string of the molecule is CCNC(=NCCn1cccn1)NC1CN(C(C)C)CC1C.I. The molecule has 0 amide bonds. The summed E-state index contributed by atoms with van der Waals surface area (Å²) in [6.07, 6.45) is 3.77. The van der Waals surface area contributed by atoms with E-state index in [1.54, 1.807) is 6.20 Å². The van der Waals surface area contributed by atoms with Gasteiger partial charge in [-0.3, -0.25) is 14.6 Å². The minimum atomic E-state index is 0. The summed E-state index contributed by atoms with van der Waals surface area (Å²) >= 11 is 0. The van der Waals surface area contributed by atoms with Crippen LogP contribution >= 0.6 is 24.0 Å². The third-order valence-corrected chi connectivity index (χ3v) is 4.20. The first-order chi connectivity index (χ1) is 10.6. The second-order valence-electron chi connectivity index (χ2n) is 6.31. The van der Waals surface area contributed by atoms with Crippen molar-refractivity contribution in [2.75, 3.05) is 26.2 Å². The summed E-state index contributed by atoms with van der Waals surface area (Å²) in [6.45, 7) is 13.6. The number of hydrogen-bond donors (Lipinski definition) is 2. The molecule has 1 fully saturated rings. The van der Waals surface area contributed by atoms with Gasteiger partial charge in [0.25, 0.3) is 0 Å². The molecule has 2 heterocycles. The lowest BCUT2D eigenvalue weighted by Crippen LogP contribution is -2.47. The van der Waals surface area contributed by atoms with E-state index in [4.69, 9.17) is 0 Å². The molecular formula is C16H31IN6. The van der Waals surface area contributed by atoms with Crippen molar-refractivity contribution in [2.24, 2.45) is 10.9 Å². The van der Waals surface area contributed by atoms with Gasteiger partial charge in [0.05, 0.1) is 13.1 Å². The average Bonchev–Trinajstić information content (AvgIpc) is 3.10. The molecule has 0 aromatic carbocycles. The number of nitrogens with zero attached hydrogens (tertiary/aromatic N) is 4. The molecule has 1 saturated heterocycles. The largest absolute Gasteiger partial charge is 0.357 e. The fourth-order valence-corrected chi connectivity index (χ4v) is 2.81. The Bertz CT molecular complexity index is 459. The molecule has 2 rings (SSSR count). The van der Waals surface area contributed by atoms with E-state index in [1.807, 2.05) is 16.9 Å². The van der Waals surface area contributed by atoms with E-state index in [-0.39, 0.29) is 24.0 Å². The zero-order valence-electron chi connectivity index (χ0n) is 14.7. The lowest BCUT2D eigenvalue weighted by Gasteiger charge is -2.21. The maximum absolute atomic E-state index is 4.67. The first-order valence-electron chi connectivity index (χ1n) is 8.36. The van der Waals surface area contributed by atoms with Gasteiger partial charge in [0.1, 0.15) is 0 Å². The van der Waals surface area contributed by atoms with Gasteiger partial charge in [-0.15, -0.1) is 24.0 Å². The standard InChI is InChI=1S/C16H30N6.HI/c1-5-17-16(18-8-10-22-9-6-7-19-22)20-15-12-21(13(2)3)11-14(15)4;/h6-7,9,13-15H,5,8,10-12H2,1-4H3,(H2,17,18,20);1H. The Kier molecular flexibility index (Phi) is 8.90. The third-order valence-electron chi connectivity index (χ3n) is 4.20. The van der Waals surface area contributed by atoms with Crippen LogP contribution in [0.4, 0.5) is 0 Å². The summed E-state index contributed by atoms with van der Waals surface area (Å²) in [6, 6.07) is 3.01. The van der Waals surface area contributed by atoms with Gasteiger partial charge in [0.2, 0.25) is 0 Å². The molecule has 0 spiro atoms. The molecule has 2 atom stereocenters. The first kappa shape index (κ1) is 20.2. The topological polar surface area (TPSA) is 57.5 Å². The van der Waals surface area contributed by atoms with E-state index in [9.17, 15) is 0 Å². The molecule has 132 valence electrons. The van der Waals surface area contributed by atoms with Crippen molar-refractivity contribution in [3.05, 3.63) is 18.5 Å². The quantitative estimate of drug-likeness (QED) is 0.407. The van der Waals surface area contributed by atoms with Gasteiger partial charge >= 0.3 is 0 Å². The number of nitrogens with one attached hydrogen (secondary N) is 2. The smallest absolute Gasteiger partial charge is 0.191 e. The first-order valence-corrected chi connectivity index (χ1v) is 8.36. The fourth-order valence-electron chi connectivity index (χ4n) is 2.81. The maximum Gasteiger partial charge on any atom is 0.191 e. The number of guanidine groups is 1. The van der Waals surface area contributed by atoms with Crippen molar-refractivity contribution < 1.29 is 0 Å². The normalized spacial score (nSPS) is 22.2. The van der Waals surface area contributed by atoms with E-state index in [2.05, 4.69) is 53.3 Å². The summed E-state index contributed by atoms with van der Waals surface area (Å²) in [5, 5.41) is 11.1. The van der Waals surface area contributed by atoms with E-state index < -0.39 is 0 Å². The molecule has 7 heteroatoms. The number of likely N-dealkylation sites (tertiary alicyclic amines) is 1. The Morgan fingerprint density at radius 3 is 2.74 bits per heavy atom. The summed E-state index contributed by atoms with van der Waals surface area (Å²) in [5.41, 5.74) is 0. The van der Waals surface area contributed by atoms with Gasteiger partial charge in [-0.2, -0.15) is 5.10 Å². The monoisotopic (exact) mass is 434 g/mol. The highest BCUT2D eigenvalue weighted by Crippen LogP contribution is 2.18. The Labute approximate surface area is 157 Å². The molecule has 0 radical (unpaired) electrons. The molecule has 2 unspecified atom stereocenters. The molecule has 1 aromatic rings. The van der Waals surface area contributed by atoms with Crippen LogP contribution in [0.15, 0.2) is 23.5 Å². The van der Waals surface area contributed by atoms with Gasteiger partial charge in [0, 0.05) is 44.1 Å². The molecule has 6 nitrogen and oxygen atoms in total. The molecule has 1 aliphatic rings. The van der Waals surface area contributed by atoms with E-state index in [0.29, 0.717) is 18.0 Å². The van der Waals surface area contributed by atoms with Crippen LogP contribution in [0.3, 0.4) is 0 Å². The molecular weight excluding hydrogens is 403 g/mol. The second kappa shape index (κ2) is 10.1. The average molecular weight is 434 g/mol. The zero-order valence-corrected chi connectivity index (χ0v) is 17.0. The molecule has 2 N–H and O–H groups in total. The summed E-state index contributed by atoms with van der Waals surface area (Å²) in [7, 11) is 0. The number of aromatic nitrogens is 2. The van der Waals surface area contributed by atoms with Crippen LogP contribution in [-0.4, -0.2) is 58.9 Å². The van der Waals surface area contributed by atoms with Crippen LogP contribution in [0.25, 0.3) is 0 Å². The van der Waals surface area contributed by atoms with Crippen molar-refractivity contribution in [3.63, 3.8) is 0 Å². The molecule has 1 aliphatic heterocycles. The number of halogens is 1. The Balaban J connectivity index is 0.00000264. The number of hydrogen-bond acceptors (Lipinski definition) is 3. The van der Waals surface area contributed by atoms with Crippen molar-refractivity contribution in [3.8, 4) is 0 Å². The van der Waals surface area contributed by atoms with Crippen LogP contribution in [-0.2, 0) is 6.54 Å². The number of aliphatic imine (C=N–C) groups is 1. The molecule has 0 aliphatic carbocycles. The molecule has 1 aromatic heterocycles. The second-order valence-corrected chi connectivity index (χ2v) is 6.31. The van der Waals surface area contributed by atoms with Crippen molar-refractivity contribution in [1.82, 2.24) is 25.3 Å². The van der Waals surface area contributed by atoms with E-state index >= 15 is 0 Å². The van der Waals surface area contributed by atoms with Gasteiger partial charge < -0.3 is 10.6 Å². The summed E-state index contributed by atoms with van der Waals surface area (Å²) in [4.78, 5) is 7.19. The number of rotatable bonds is 6. The van der Waals surface area contributed by atoms with Gasteiger partial charge in [0.15, 0.2) is 5.96 Å². The molecule has 0 bridgehead atoms. The predicted molar refractivity (Wildman–Crippen MR) is 106 cm³/mol. The highest BCUT2D eigenvalue weighted by atomic mass is 127. The highest BCUT2D eigenvalue weighted by Gasteiger charge is 2.31. The van der Waals surface area contributed by atoms with E-state index in [1.165, 1.54) is 0 Å². The van der Waals surface area contributed by atoms with Crippen LogP contribution in [0, 0.1) is 5.92 Å². The lowest BCUT2D eigenvalue weighted by molar-refractivity contribution is 0.265. The maximum atomic E-state index is 4.67. The Hall–Kier alpha value is -0.830. The van der Waals surface area contributed by atoms with Crippen LogP contribution < -0.4 is 10.6 Å². The van der Waals surface area contributed by atoms with Gasteiger partial charge in [-0.25, -0.2) is 0 Å². The van der Waals surface area contributed by atoms with Crippen LogP contribution in [0.5, 0.6) is 0 Å². The minimum Gasteiger partial charge on any atom is -0.357 e. The molecule has 23 heavy (non-hydrogen) atoms. The van der Waals surface area contributed by atoms with Crippen molar-refractivity contribution >= 4 is 29.9 Å². The fraction of sp³-hybridized carbons (Fsp3) is 0.750.